The van der Waals surface area contributed by atoms with Crippen LogP contribution in [0.4, 0.5) is 14.6 Å². The first kappa shape index (κ1) is 24.5. The monoisotopic (exact) mass is 468 g/mol. The Labute approximate surface area is 194 Å². The van der Waals surface area contributed by atoms with Gasteiger partial charge < -0.3 is 19.9 Å². The number of aromatic nitrogens is 1. The van der Waals surface area contributed by atoms with E-state index in [0.29, 0.717) is 30.9 Å². The zero-order valence-corrected chi connectivity index (χ0v) is 18.3. The zero-order valence-electron chi connectivity index (χ0n) is 18.3. The Balaban J connectivity index is 1.85. The van der Waals surface area contributed by atoms with Gasteiger partial charge in [0, 0.05) is 37.5 Å². The number of halogens is 2. The highest BCUT2D eigenvalue weighted by molar-refractivity contribution is 6.04. The van der Waals surface area contributed by atoms with Crippen molar-refractivity contribution in [2.75, 3.05) is 25.6 Å². The summed E-state index contributed by atoms with van der Waals surface area (Å²) in [6, 6.07) is 11.3. The fourth-order valence-electron chi connectivity index (χ4n) is 2.94. The van der Waals surface area contributed by atoms with Gasteiger partial charge in [-0.1, -0.05) is 24.3 Å². The van der Waals surface area contributed by atoms with Crippen molar-refractivity contribution in [3.05, 3.63) is 88.6 Å². The number of carboxylic acid groups (broad SMARTS) is 1. The Bertz CT molecular complexity index is 1200. The number of carbonyl (C=O) groups excluding carboxylic acids is 1. The molecule has 2 aromatic carbocycles. The minimum atomic E-state index is -1.13. The number of nitrogens with zero attached hydrogens (tertiary/aromatic N) is 1. The van der Waals surface area contributed by atoms with Crippen LogP contribution in [0.3, 0.4) is 0 Å². The van der Waals surface area contributed by atoms with Crippen molar-refractivity contribution in [3.63, 3.8) is 0 Å². The number of benzene rings is 2. The number of hydrogen-bond acceptors (Lipinski definition) is 5. The van der Waals surface area contributed by atoms with Gasteiger partial charge in [0.25, 0.3) is 5.91 Å². The Morgan fingerprint density at radius 2 is 1.88 bits per heavy atom. The van der Waals surface area contributed by atoms with Gasteiger partial charge >= 0.3 is 5.97 Å². The van der Waals surface area contributed by atoms with Crippen LogP contribution in [0.5, 0.6) is 5.75 Å². The van der Waals surface area contributed by atoms with Crippen molar-refractivity contribution < 1.29 is 33.0 Å². The van der Waals surface area contributed by atoms with Crippen molar-refractivity contribution in [2.45, 2.75) is 6.42 Å². The lowest BCUT2D eigenvalue weighted by Crippen LogP contribution is -2.14. The quantitative estimate of drug-likeness (QED) is 0.325. The molecule has 0 saturated heterocycles. The summed E-state index contributed by atoms with van der Waals surface area (Å²) in [6.07, 6.45) is 4.70. The highest BCUT2D eigenvalue weighted by Crippen LogP contribution is 2.22. The number of rotatable bonds is 10. The van der Waals surface area contributed by atoms with E-state index in [-0.39, 0.29) is 22.5 Å². The average Bonchev–Trinajstić information content (AvgIpc) is 2.83. The summed E-state index contributed by atoms with van der Waals surface area (Å²) in [4.78, 5) is 27.7. The number of anilines is 1. The molecule has 9 heteroatoms. The first-order valence-corrected chi connectivity index (χ1v) is 10.3. The first-order chi connectivity index (χ1) is 16.4. The third-order valence-electron chi connectivity index (χ3n) is 4.64. The topological polar surface area (TPSA) is 97.8 Å². The minimum absolute atomic E-state index is 0.0125. The highest BCUT2D eigenvalue weighted by atomic mass is 19.2. The standard InChI is InChI=1S/C25H22F2N2O5/c1-33-10-3-11-34-20-13-16(6-7-17-4-2-5-21(26)23(17)27)12-19(14-20)24(30)29-22-9-8-18(15-28-22)25(31)32/h2,4-9,12-15H,3,10-11H2,1H3,(H,31,32)(H,28,29,30)/b7-6+. The third kappa shape index (κ3) is 6.69. The maximum atomic E-state index is 14.0. The number of amides is 1. The Kier molecular flexibility index (Phi) is 8.42. The molecule has 3 aromatic rings. The third-order valence-corrected chi connectivity index (χ3v) is 4.64. The molecule has 34 heavy (non-hydrogen) atoms. The van der Waals surface area contributed by atoms with E-state index in [4.69, 9.17) is 14.6 Å². The van der Waals surface area contributed by atoms with Crippen LogP contribution < -0.4 is 10.1 Å². The smallest absolute Gasteiger partial charge is 0.337 e. The molecule has 0 bridgehead atoms. The molecular weight excluding hydrogens is 446 g/mol. The number of ether oxygens (including phenoxy) is 2. The van der Waals surface area contributed by atoms with Gasteiger partial charge in [-0.05, 0) is 42.0 Å². The maximum Gasteiger partial charge on any atom is 0.337 e. The number of carbonyl (C=O) groups is 2. The van der Waals surface area contributed by atoms with Crippen LogP contribution in [0.15, 0.2) is 54.7 Å². The molecule has 0 aliphatic heterocycles. The number of hydrogen-bond donors (Lipinski definition) is 2. The van der Waals surface area contributed by atoms with E-state index in [1.54, 1.807) is 19.2 Å². The van der Waals surface area contributed by atoms with E-state index < -0.39 is 23.5 Å². The van der Waals surface area contributed by atoms with Crippen LogP contribution >= 0.6 is 0 Å². The van der Waals surface area contributed by atoms with Crippen molar-refractivity contribution in [1.82, 2.24) is 4.98 Å². The SMILES string of the molecule is COCCCOc1cc(/C=C/c2cccc(F)c2F)cc(C(=O)Nc2ccc(C(=O)O)cn2)c1. The number of aromatic carboxylic acids is 1. The fraction of sp³-hybridized carbons (Fsp3) is 0.160. The van der Waals surface area contributed by atoms with E-state index in [2.05, 4.69) is 10.3 Å². The second-order valence-electron chi connectivity index (χ2n) is 7.15. The second-order valence-corrected chi connectivity index (χ2v) is 7.15. The fourth-order valence-corrected chi connectivity index (χ4v) is 2.94. The summed E-state index contributed by atoms with van der Waals surface area (Å²) in [7, 11) is 1.58. The highest BCUT2D eigenvalue weighted by Gasteiger charge is 2.12. The zero-order chi connectivity index (χ0) is 24.5. The molecule has 3 rings (SSSR count). The normalized spacial score (nSPS) is 10.9. The van der Waals surface area contributed by atoms with Crippen molar-refractivity contribution in [2.24, 2.45) is 0 Å². The summed E-state index contributed by atoms with van der Waals surface area (Å²) in [5.74, 6) is -3.00. The average molecular weight is 468 g/mol. The van der Waals surface area contributed by atoms with Crippen molar-refractivity contribution >= 4 is 29.8 Å². The van der Waals surface area contributed by atoms with Gasteiger partial charge in [-0.2, -0.15) is 0 Å². The first-order valence-electron chi connectivity index (χ1n) is 10.3. The molecule has 0 radical (unpaired) electrons. The summed E-state index contributed by atoms with van der Waals surface area (Å²) >= 11 is 0. The summed E-state index contributed by atoms with van der Waals surface area (Å²) < 4.78 is 38.2. The molecule has 1 aromatic heterocycles. The Morgan fingerprint density at radius 1 is 1.06 bits per heavy atom. The lowest BCUT2D eigenvalue weighted by Gasteiger charge is -2.10. The molecule has 0 spiro atoms. The van der Waals surface area contributed by atoms with Crippen LogP contribution in [0, 0.1) is 11.6 Å². The molecule has 0 saturated carbocycles. The lowest BCUT2D eigenvalue weighted by atomic mass is 10.1. The summed E-state index contributed by atoms with van der Waals surface area (Å²) in [5.41, 5.74) is 0.793. The van der Waals surface area contributed by atoms with Gasteiger partial charge in [-0.25, -0.2) is 18.6 Å². The van der Waals surface area contributed by atoms with Crippen molar-refractivity contribution in [1.29, 1.82) is 0 Å². The lowest BCUT2D eigenvalue weighted by molar-refractivity contribution is 0.0696. The predicted molar refractivity (Wildman–Crippen MR) is 123 cm³/mol. The number of nitrogens with one attached hydrogen (secondary N) is 1. The van der Waals surface area contributed by atoms with Crippen LogP contribution in [-0.2, 0) is 4.74 Å². The largest absolute Gasteiger partial charge is 0.493 e. The van der Waals surface area contributed by atoms with Gasteiger partial charge in [0.15, 0.2) is 11.6 Å². The minimum Gasteiger partial charge on any atom is -0.493 e. The molecule has 176 valence electrons. The van der Waals surface area contributed by atoms with E-state index in [1.807, 2.05) is 0 Å². The van der Waals surface area contributed by atoms with E-state index >= 15 is 0 Å². The number of methoxy groups -OCH3 is 1. The molecule has 0 aliphatic rings. The van der Waals surface area contributed by atoms with Crippen LogP contribution in [-0.4, -0.2) is 42.3 Å². The molecule has 0 aliphatic carbocycles. The Hall–Kier alpha value is -4.11. The second kappa shape index (κ2) is 11.7. The molecule has 1 heterocycles. The summed E-state index contributed by atoms with van der Waals surface area (Å²) in [6.45, 7) is 0.850. The van der Waals surface area contributed by atoms with Crippen LogP contribution in [0.1, 0.15) is 38.3 Å². The van der Waals surface area contributed by atoms with Gasteiger partial charge in [-0.3, -0.25) is 4.79 Å². The molecule has 2 N–H and O–H groups in total. The van der Waals surface area contributed by atoms with Gasteiger partial charge in [0.2, 0.25) is 0 Å². The maximum absolute atomic E-state index is 14.0. The van der Waals surface area contributed by atoms with Gasteiger partial charge in [0.1, 0.15) is 11.6 Å². The van der Waals surface area contributed by atoms with Gasteiger partial charge in [0.05, 0.1) is 12.2 Å². The van der Waals surface area contributed by atoms with Crippen molar-refractivity contribution in [3.8, 4) is 5.75 Å². The number of carboxylic acids is 1. The molecule has 0 fully saturated rings. The van der Waals surface area contributed by atoms with E-state index in [1.165, 1.54) is 42.5 Å². The van der Waals surface area contributed by atoms with Gasteiger partial charge in [-0.15, -0.1) is 0 Å². The van der Waals surface area contributed by atoms with E-state index in [9.17, 15) is 18.4 Å². The summed E-state index contributed by atoms with van der Waals surface area (Å²) in [5, 5.41) is 11.6. The molecule has 7 nitrogen and oxygen atoms in total. The number of pyridine rings is 1. The van der Waals surface area contributed by atoms with Crippen LogP contribution in [0.2, 0.25) is 0 Å². The van der Waals surface area contributed by atoms with E-state index in [0.717, 1.165) is 12.3 Å². The molecule has 0 unspecified atom stereocenters. The molecule has 0 atom stereocenters. The Morgan fingerprint density at radius 3 is 2.59 bits per heavy atom. The van der Waals surface area contributed by atoms with Crippen LogP contribution in [0.25, 0.3) is 12.2 Å². The predicted octanol–water partition coefficient (Wildman–Crippen LogP) is 4.90. The molecular formula is C25H22F2N2O5. The molecule has 1 amide bonds.